The number of benzene rings is 1. The Morgan fingerprint density at radius 1 is 1.19 bits per heavy atom. The summed E-state index contributed by atoms with van der Waals surface area (Å²) in [6.07, 6.45) is 1.22. The molecule has 2 saturated heterocycles. The second-order valence-corrected chi connectivity index (χ2v) is 11.4. The van der Waals surface area contributed by atoms with Crippen LogP contribution in [0.4, 0.5) is 10.6 Å². The number of ether oxygens (including phenoxy) is 2. The highest BCUT2D eigenvalue weighted by atomic mass is 16.5. The topological polar surface area (TPSA) is 138 Å². The lowest BCUT2D eigenvalue weighted by Crippen LogP contribution is -2.62. The zero-order valence-electron chi connectivity index (χ0n) is 25.1. The lowest BCUT2D eigenvalue weighted by molar-refractivity contribution is -0.0364. The predicted molar refractivity (Wildman–Crippen MR) is 158 cm³/mol. The number of anilines is 1. The standard InChI is InChI=1S/C30H41N7O5/c1-19-26(25-20(2)35-42-21(25)3)33-28(22-7-6-8-24(13-22)41-15-23(38)14-31-4)34-27(19)32-18-36-11-9-30(10-12-36)16-37(17-30)29(39)40-5/h6-8,13,23,31,38H,9-12,14-18H2,1-5H3,(H,32,33,34). The van der Waals surface area contributed by atoms with Crippen molar-refractivity contribution in [3.63, 3.8) is 0 Å². The minimum atomic E-state index is -0.614. The van der Waals surface area contributed by atoms with Crippen molar-refractivity contribution >= 4 is 11.9 Å². The molecule has 1 unspecified atom stereocenters. The molecule has 42 heavy (non-hydrogen) atoms. The van der Waals surface area contributed by atoms with Gasteiger partial charge in [0.1, 0.15) is 30.0 Å². The maximum Gasteiger partial charge on any atom is 0.409 e. The molecule has 0 saturated carbocycles. The van der Waals surface area contributed by atoms with Gasteiger partial charge in [-0.2, -0.15) is 0 Å². The maximum atomic E-state index is 11.8. The molecular weight excluding hydrogens is 538 g/mol. The number of carbonyl (C=O) groups is 1. The lowest BCUT2D eigenvalue weighted by Gasteiger charge is -2.53. The van der Waals surface area contributed by atoms with Crippen molar-refractivity contribution in [3.8, 4) is 28.4 Å². The first kappa shape index (κ1) is 29.7. The molecule has 3 aromatic rings. The van der Waals surface area contributed by atoms with Crippen molar-refractivity contribution in [2.24, 2.45) is 5.41 Å². The Morgan fingerprint density at radius 2 is 1.95 bits per heavy atom. The van der Waals surface area contributed by atoms with Crippen LogP contribution in [-0.4, -0.2) is 102 Å². The Hall–Kier alpha value is -3.74. The van der Waals surface area contributed by atoms with E-state index in [9.17, 15) is 9.90 Å². The number of aryl methyl sites for hydroxylation is 2. The highest BCUT2D eigenvalue weighted by Crippen LogP contribution is 2.41. The summed E-state index contributed by atoms with van der Waals surface area (Å²) in [6, 6.07) is 7.58. The second kappa shape index (κ2) is 12.6. The number of rotatable bonds is 10. The fourth-order valence-corrected chi connectivity index (χ4v) is 5.80. The molecule has 0 bridgehead atoms. The van der Waals surface area contributed by atoms with Gasteiger partial charge in [0.25, 0.3) is 0 Å². The van der Waals surface area contributed by atoms with Crippen molar-refractivity contribution in [3.05, 3.63) is 41.3 Å². The Morgan fingerprint density at radius 3 is 2.62 bits per heavy atom. The van der Waals surface area contributed by atoms with Crippen molar-refractivity contribution < 1.29 is 23.9 Å². The number of methoxy groups -OCH3 is 1. The summed E-state index contributed by atoms with van der Waals surface area (Å²) in [5.74, 6) is 2.62. The number of nitrogens with zero attached hydrogens (tertiary/aromatic N) is 5. The van der Waals surface area contributed by atoms with Crippen LogP contribution in [0.5, 0.6) is 5.75 Å². The van der Waals surface area contributed by atoms with Crippen LogP contribution in [0.25, 0.3) is 22.6 Å². The van der Waals surface area contributed by atoms with E-state index in [1.807, 2.05) is 45.0 Å². The SMILES string of the molecule is CNCC(O)COc1cccc(-c2nc(NCN3CCC4(CC3)CN(C(=O)OC)C4)c(C)c(-c3c(C)noc3C)n2)c1. The van der Waals surface area contributed by atoms with E-state index < -0.39 is 6.10 Å². The zero-order valence-corrected chi connectivity index (χ0v) is 25.1. The van der Waals surface area contributed by atoms with Gasteiger partial charge < -0.3 is 34.6 Å². The van der Waals surface area contributed by atoms with Crippen LogP contribution in [0, 0.1) is 26.2 Å². The number of nitrogens with one attached hydrogen (secondary N) is 2. The van der Waals surface area contributed by atoms with Crippen LogP contribution >= 0.6 is 0 Å². The lowest BCUT2D eigenvalue weighted by atomic mass is 9.72. The number of aliphatic hydroxyl groups excluding tert-OH is 1. The van der Waals surface area contributed by atoms with Crippen LogP contribution in [0.15, 0.2) is 28.8 Å². The van der Waals surface area contributed by atoms with Gasteiger partial charge in [0, 0.05) is 49.3 Å². The van der Waals surface area contributed by atoms with Gasteiger partial charge in [-0.3, -0.25) is 4.90 Å². The number of aromatic nitrogens is 3. The van der Waals surface area contributed by atoms with Crippen LogP contribution < -0.4 is 15.4 Å². The van der Waals surface area contributed by atoms with Crippen LogP contribution in [0.2, 0.25) is 0 Å². The minimum Gasteiger partial charge on any atom is -0.491 e. The highest BCUT2D eigenvalue weighted by molar-refractivity contribution is 5.74. The van der Waals surface area contributed by atoms with E-state index in [1.165, 1.54) is 7.11 Å². The third kappa shape index (κ3) is 6.35. The van der Waals surface area contributed by atoms with Gasteiger partial charge in [-0.1, -0.05) is 17.3 Å². The van der Waals surface area contributed by atoms with Crippen molar-refractivity contribution in [2.75, 3.05) is 65.5 Å². The number of hydrogen-bond donors (Lipinski definition) is 3. The smallest absolute Gasteiger partial charge is 0.409 e. The fraction of sp³-hybridized carbons (Fsp3) is 0.533. The molecule has 0 radical (unpaired) electrons. The summed E-state index contributed by atoms with van der Waals surface area (Å²) in [4.78, 5) is 25.9. The van der Waals surface area contributed by atoms with Gasteiger partial charge in [-0.15, -0.1) is 0 Å². The molecule has 226 valence electrons. The highest BCUT2D eigenvalue weighted by Gasteiger charge is 2.47. The molecular formula is C30H41N7O5. The summed E-state index contributed by atoms with van der Waals surface area (Å²) < 4.78 is 16.2. The quantitative estimate of drug-likeness (QED) is 0.326. The van der Waals surface area contributed by atoms with Crippen molar-refractivity contribution in [1.29, 1.82) is 0 Å². The minimum absolute atomic E-state index is 0.175. The summed E-state index contributed by atoms with van der Waals surface area (Å²) >= 11 is 0. The molecule has 2 aromatic heterocycles. The van der Waals surface area contributed by atoms with E-state index in [-0.39, 0.29) is 18.1 Å². The molecule has 1 atom stereocenters. The normalized spacial score (nSPS) is 17.1. The number of amides is 1. The van der Waals surface area contributed by atoms with Gasteiger partial charge in [0.2, 0.25) is 0 Å². The summed E-state index contributed by atoms with van der Waals surface area (Å²) in [6.45, 7) is 10.5. The molecule has 1 spiro atoms. The zero-order chi connectivity index (χ0) is 29.9. The molecule has 4 heterocycles. The number of piperidine rings is 1. The van der Waals surface area contributed by atoms with Crippen molar-refractivity contribution in [1.82, 2.24) is 30.2 Å². The molecule has 1 aromatic carbocycles. The van der Waals surface area contributed by atoms with Crippen molar-refractivity contribution in [2.45, 2.75) is 39.7 Å². The summed E-state index contributed by atoms with van der Waals surface area (Å²) in [5.41, 5.74) is 4.31. The fourth-order valence-electron chi connectivity index (χ4n) is 5.80. The monoisotopic (exact) mass is 579 g/mol. The van der Waals surface area contributed by atoms with Gasteiger partial charge in [-0.05, 0) is 52.8 Å². The van der Waals surface area contributed by atoms with Gasteiger partial charge in [-0.25, -0.2) is 14.8 Å². The van der Waals surface area contributed by atoms with Gasteiger partial charge in [0.15, 0.2) is 5.82 Å². The van der Waals surface area contributed by atoms with E-state index in [0.29, 0.717) is 30.5 Å². The van der Waals surface area contributed by atoms with E-state index in [1.54, 1.807) is 11.9 Å². The van der Waals surface area contributed by atoms with Gasteiger partial charge in [0.05, 0.1) is 30.7 Å². The average molecular weight is 580 g/mol. The van der Waals surface area contributed by atoms with Gasteiger partial charge >= 0.3 is 6.09 Å². The van der Waals surface area contributed by atoms with Crippen LogP contribution in [-0.2, 0) is 4.74 Å². The first-order valence-corrected chi connectivity index (χ1v) is 14.4. The molecule has 1 amide bonds. The molecule has 2 aliphatic rings. The third-order valence-corrected chi connectivity index (χ3v) is 8.26. The van der Waals surface area contributed by atoms with E-state index in [2.05, 4.69) is 20.7 Å². The second-order valence-electron chi connectivity index (χ2n) is 11.4. The first-order valence-electron chi connectivity index (χ1n) is 14.4. The largest absolute Gasteiger partial charge is 0.491 e. The Bertz CT molecular complexity index is 1380. The third-order valence-electron chi connectivity index (χ3n) is 8.26. The van der Waals surface area contributed by atoms with E-state index in [4.69, 9.17) is 24.0 Å². The molecule has 0 aliphatic carbocycles. The Kier molecular flexibility index (Phi) is 8.95. The van der Waals surface area contributed by atoms with Crippen LogP contribution in [0.1, 0.15) is 29.9 Å². The molecule has 3 N–H and O–H groups in total. The molecule has 12 nitrogen and oxygen atoms in total. The molecule has 2 aliphatic heterocycles. The number of likely N-dealkylation sites (tertiary alicyclic amines) is 2. The Balaban J connectivity index is 1.34. The maximum absolute atomic E-state index is 11.8. The molecule has 5 rings (SSSR count). The Labute approximate surface area is 246 Å². The number of likely N-dealkylation sites (N-methyl/N-ethyl adjacent to an activating group) is 1. The summed E-state index contributed by atoms with van der Waals surface area (Å²) in [7, 11) is 3.22. The molecule has 2 fully saturated rings. The van der Waals surface area contributed by atoms with E-state index in [0.717, 1.165) is 72.9 Å². The first-order chi connectivity index (χ1) is 20.2. The average Bonchev–Trinajstić information content (AvgIpc) is 3.31. The number of aliphatic hydroxyl groups is 1. The number of carbonyl (C=O) groups excluding carboxylic acids is 1. The van der Waals surface area contributed by atoms with E-state index >= 15 is 0 Å². The summed E-state index contributed by atoms with van der Waals surface area (Å²) in [5, 5.41) is 20.7. The van der Waals surface area contributed by atoms with Crippen LogP contribution in [0.3, 0.4) is 0 Å². The molecule has 12 heteroatoms. The predicted octanol–water partition coefficient (Wildman–Crippen LogP) is 3.22. The number of hydrogen-bond acceptors (Lipinski definition) is 11.